The van der Waals surface area contributed by atoms with Gasteiger partial charge in [-0.3, -0.25) is 0 Å². The molecule has 92 valence electrons. The van der Waals surface area contributed by atoms with E-state index in [1.165, 1.54) is 0 Å². The average molecular weight is 252 g/mol. The van der Waals surface area contributed by atoms with Crippen molar-refractivity contribution in [3.63, 3.8) is 0 Å². The Kier molecular flexibility index (Phi) is 5.82. The van der Waals surface area contributed by atoms with Gasteiger partial charge in [0, 0.05) is 6.54 Å². The fourth-order valence-electron chi connectivity index (χ4n) is 1.56. The molecule has 0 amide bonds. The number of nitriles is 1. The first-order valence-corrected chi connectivity index (χ1v) is 6.10. The van der Waals surface area contributed by atoms with Crippen molar-refractivity contribution in [1.29, 1.82) is 5.26 Å². The molecule has 0 saturated heterocycles. The molecule has 0 aliphatic heterocycles. The summed E-state index contributed by atoms with van der Waals surface area (Å²) in [7, 11) is 4.14. The number of nitrogens with one attached hydrogen (secondary N) is 1. The molecule has 0 unspecified atom stereocenters. The van der Waals surface area contributed by atoms with E-state index in [4.69, 9.17) is 16.9 Å². The van der Waals surface area contributed by atoms with Crippen LogP contribution in [-0.4, -0.2) is 32.1 Å². The van der Waals surface area contributed by atoms with Crippen LogP contribution in [-0.2, 0) is 0 Å². The zero-order valence-corrected chi connectivity index (χ0v) is 11.1. The molecule has 0 fully saturated rings. The van der Waals surface area contributed by atoms with Crippen LogP contribution in [0.1, 0.15) is 18.4 Å². The number of unbranched alkanes of at least 4 members (excludes halogenated alkanes) is 1. The summed E-state index contributed by atoms with van der Waals surface area (Å²) in [6.07, 6.45) is 2.22. The van der Waals surface area contributed by atoms with Crippen molar-refractivity contribution in [2.45, 2.75) is 12.8 Å². The maximum atomic E-state index is 8.99. The van der Waals surface area contributed by atoms with Gasteiger partial charge in [0.1, 0.15) is 6.07 Å². The molecule has 17 heavy (non-hydrogen) atoms. The van der Waals surface area contributed by atoms with Gasteiger partial charge in [0.25, 0.3) is 0 Å². The van der Waals surface area contributed by atoms with Crippen LogP contribution in [0, 0.1) is 11.3 Å². The second kappa shape index (κ2) is 7.16. The van der Waals surface area contributed by atoms with Crippen LogP contribution in [0.3, 0.4) is 0 Å². The first kappa shape index (κ1) is 13.8. The van der Waals surface area contributed by atoms with Gasteiger partial charge >= 0.3 is 0 Å². The average Bonchev–Trinajstić information content (AvgIpc) is 2.28. The molecular weight excluding hydrogens is 234 g/mol. The van der Waals surface area contributed by atoms with Crippen LogP contribution in [0.2, 0.25) is 5.02 Å². The Morgan fingerprint density at radius 1 is 1.35 bits per heavy atom. The highest BCUT2D eigenvalue weighted by Crippen LogP contribution is 2.23. The molecule has 0 saturated carbocycles. The van der Waals surface area contributed by atoms with E-state index in [1.54, 1.807) is 6.07 Å². The van der Waals surface area contributed by atoms with Gasteiger partial charge in [-0.1, -0.05) is 17.7 Å². The Bertz CT molecular complexity index is 396. The minimum absolute atomic E-state index is 0.505. The smallest absolute Gasteiger partial charge is 0.103 e. The largest absolute Gasteiger partial charge is 0.384 e. The number of rotatable bonds is 6. The molecule has 0 aliphatic carbocycles. The molecule has 0 aliphatic rings. The van der Waals surface area contributed by atoms with Gasteiger partial charge in [0.2, 0.25) is 0 Å². The number of benzene rings is 1. The minimum atomic E-state index is 0.505. The van der Waals surface area contributed by atoms with Gasteiger partial charge in [-0.2, -0.15) is 5.26 Å². The number of nitrogens with zero attached hydrogens (tertiary/aromatic N) is 2. The molecule has 1 rings (SSSR count). The van der Waals surface area contributed by atoms with E-state index < -0.39 is 0 Å². The van der Waals surface area contributed by atoms with Gasteiger partial charge in [0.05, 0.1) is 16.3 Å². The zero-order chi connectivity index (χ0) is 12.7. The van der Waals surface area contributed by atoms with Crippen molar-refractivity contribution in [1.82, 2.24) is 4.90 Å². The Morgan fingerprint density at radius 2 is 2.12 bits per heavy atom. The summed E-state index contributed by atoms with van der Waals surface area (Å²) < 4.78 is 0. The van der Waals surface area contributed by atoms with Crippen LogP contribution in [0.5, 0.6) is 0 Å². The van der Waals surface area contributed by atoms with Gasteiger partial charge in [-0.25, -0.2) is 0 Å². The molecule has 0 aromatic heterocycles. The van der Waals surface area contributed by atoms with E-state index in [2.05, 4.69) is 30.4 Å². The van der Waals surface area contributed by atoms with Crippen molar-refractivity contribution >= 4 is 17.3 Å². The van der Waals surface area contributed by atoms with Crippen molar-refractivity contribution in [3.05, 3.63) is 28.8 Å². The topological polar surface area (TPSA) is 39.1 Å². The Morgan fingerprint density at radius 3 is 2.76 bits per heavy atom. The SMILES string of the molecule is CN(C)CCCCNc1cccc(Cl)c1C#N. The summed E-state index contributed by atoms with van der Waals surface area (Å²) in [6.45, 7) is 1.95. The molecular formula is C13H18ClN3. The fraction of sp³-hybridized carbons (Fsp3) is 0.462. The first-order chi connectivity index (χ1) is 8.15. The Hall–Kier alpha value is -1.24. The van der Waals surface area contributed by atoms with Crippen molar-refractivity contribution < 1.29 is 0 Å². The van der Waals surface area contributed by atoms with E-state index in [0.717, 1.165) is 31.6 Å². The zero-order valence-electron chi connectivity index (χ0n) is 10.3. The van der Waals surface area contributed by atoms with Crippen LogP contribution in [0.15, 0.2) is 18.2 Å². The lowest BCUT2D eigenvalue weighted by Gasteiger charge is -2.11. The van der Waals surface area contributed by atoms with Crippen molar-refractivity contribution in [2.75, 3.05) is 32.5 Å². The maximum absolute atomic E-state index is 8.99. The predicted octanol–water partition coefficient (Wildman–Crippen LogP) is 2.97. The molecule has 1 aromatic rings. The third-order valence-electron chi connectivity index (χ3n) is 2.47. The summed E-state index contributed by atoms with van der Waals surface area (Å²) in [5, 5.41) is 12.8. The third-order valence-corrected chi connectivity index (χ3v) is 2.79. The van der Waals surface area contributed by atoms with Crippen molar-refractivity contribution in [2.24, 2.45) is 0 Å². The lowest BCUT2D eigenvalue weighted by molar-refractivity contribution is 0.396. The monoisotopic (exact) mass is 251 g/mol. The van der Waals surface area contributed by atoms with Crippen LogP contribution >= 0.6 is 11.6 Å². The van der Waals surface area contributed by atoms with Gasteiger partial charge in [-0.15, -0.1) is 0 Å². The Labute approximate surface area is 108 Å². The normalized spacial score (nSPS) is 10.3. The number of anilines is 1. The molecule has 4 heteroatoms. The van der Waals surface area contributed by atoms with Crippen LogP contribution < -0.4 is 5.32 Å². The highest BCUT2D eigenvalue weighted by molar-refractivity contribution is 6.32. The summed E-state index contributed by atoms with van der Waals surface area (Å²) in [4.78, 5) is 2.17. The molecule has 1 N–H and O–H groups in total. The summed E-state index contributed by atoms with van der Waals surface area (Å²) in [5.74, 6) is 0. The Balaban J connectivity index is 2.42. The lowest BCUT2D eigenvalue weighted by Crippen LogP contribution is -2.14. The van der Waals surface area contributed by atoms with Gasteiger partial charge < -0.3 is 10.2 Å². The molecule has 0 heterocycles. The second-order valence-electron chi connectivity index (χ2n) is 4.21. The van der Waals surface area contributed by atoms with Crippen molar-refractivity contribution in [3.8, 4) is 6.07 Å². The minimum Gasteiger partial charge on any atom is -0.384 e. The standard InChI is InChI=1S/C13H18ClN3/c1-17(2)9-4-3-8-16-13-7-5-6-12(14)11(13)10-15/h5-7,16H,3-4,8-9H2,1-2H3. The van der Waals surface area contributed by atoms with Gasteiger partial charge in [0.15, 0.2) is 0 Å². The first-order valence-electron chi connectivity index (χ1n) is 5.72. The molecule has 3 nitrogen and oxygen atoms in total. The van der Waals surface area contributed by atoms with Gasteiger partial charge in [-0.05, 0) is 45.6 Å². The van der Waals surface area contributed by atoms with E-state index in [1.807, 2.05) is 12.1 Å². The fourth-order valence-corrected chi connectivity index (χ4v) is 1.78. The number of hydrogen-bond acceptors (Lipinski definition) is 3. The van der Waals surface area contributed by atoms with E-state index in [-0.39, 0.29) is 0 Å². The second-order valence-corrected chi connectivity index (χ2v) is 4.62. The van der Waals surface area contributed by atoms with Crippen LogP contribution in [0.25, 0.3) is 0 Å². The molecule has 0 spiro atoms. The van der Waals surface area contributed by atoms with Crippen LogP contribution in [0.4, 0.5) is 5.69 Å². The predicted molar refractivity (Wildman–Crippen MR) is 72.4 cm³/mol. The third kappa shape index (κ3) is 4.64. The summed E-state index contributed by atoms with van der Waals surface area (Å²) in [5.41, 5.74) is 1.35. The quantitative estimate of drug-likeness (QED) is 0.790. The number of halogens is 1. The van der Waals surface area contributed by atoms with E-state index >= 15 is 0 Å². The molecule has 1 aromatic carbocycles. The van der Waals surface area contributed by atoms with E-state index in [0.29, 0.717) is 10.6 Å². The highest BCUT2D eigenvalue weighted by Gasteiger charge is 2.04. The summed E-state index contributed by atoms with van der Waals surface area (Å²) >= 11 is 5.94. The summed E-state index contributed by atoms with van der Waals surface area (Å²) in [6, 6.07) is 7.59. The highest BCUT2D eigenvalue weighted by atomic mass is 35.5. The maximum Gasteiger partial charge on any atom is 0.103 e. The lowest BCUT2D eigenvalue weighted by atomic mass is 10.2. The molecule has 0 radical (unpaired) electrons. The number of hydrogen-bond donors (Lipinski definition) is 1. The molecule has 0 atom stereocenters. The molecule has 0 bridgehead atoms. The van der Waals surface area contributed by atoms with E-state index in [9.17, 15) is 0 Å².